The molecule has 0 spiro atoms. The smallest absolute Gasteiger partial charge is 0.335 e. The fourth-order valence-corrected chi connectivity index (χ4v) is 2.16. The maximum atomic E-state index is 10.8. The molecule has 2 aromatic rings. The van der Waals surface area contributed by atoms with Gasteiger partial charge in [-0.3, -0.25) is 0 Å². The summed E-state index contributed by atoms with van der Waals surface area (Å²) in [6.45, 7) is 1.44. The summed E-state index contributed by atoms with van der Waals surface area (Å²) in [6, 6.07) is 6.76. The molecule has 5 heteroatoms. The number of fused-ring (bicyclic) bond motifs is 1. The Kier molecular flexibility index (Phi) is 2.60. The Hall–Kier alpha value is -2.14. The lowest BCUT2D eigenvalue weighted by atomic mass is 10.0. The van der Waals surface area contributed by atoms with Crippen LogP contribution < -0.4 is 0 Å². The summed E-state index contributed by atoms with van der Waals surface area (Å²) < 4.78 is 7.80. The van der Waals surface area contributed by atoms with Crippen LogP contribution in [0.15, 0.2) is 36.8 Å². The summed E-state index contributed by atoms with van der Waals surface area (Å²) in [5.41, 5.74) is 2.23. The van der Waals surface area contributed by atoms with Crippen molar-refractivity contribution in [1.82, 2.24) is 9.55 Å². The molecule has 0 saturated heterocycles. The molecular weight excluding hydrogens is 232 g/mol. The van der Waals surface area contributed by atoms with Crippen molar-refractivity contribution in [2.24, 2.45) is 0 Å². The van der Waals surface area contributed by atoms with Gasteiger partial charge in [-0.25, -0.2) is 9.78 Å². The number of hydrogen-bond donors (Lipinski definition) is 1. The average molecular weight is 244 g/mol. The normalized spacial score (nSPS) is 18.3. The van der Waals surface area contributed by atoms with E-state index >= 15 is 0 Å². The van der Waals surface area contributed by atoms with E-state index in [0.717, 1.165) is 17.8 Å². The number of rotatable bonds is 2. The molecule has 0 aliphatic carbocycles. The van der Waals surface area contributed by atoms with Crippen molar-refractivity contribution in [3.63, 3.8) is 0 Å². The fraction of sp³-hybridized carbons (Fsp3) is 0.231. The second-order valence-electron chi connectivity index (χ2n) is 4.19. The van der Waals surface area contributed by atoms with Gasteiger partial charge in [0, 0.05) is 6.54 Å². The van der Waals surface area contributed by atoms with Crippen molar-refractivity contribution in [3.05, 3.63) is 53.6 Å². The van der Waals surface area contributed by atoms with Crippen molar-refractivity contribution in [1.29, 1.82) is 0 Å². The standard InChI is InChI=1S/C13H12N2O3/c16-13(17)10-3-1-9(2-4-10)12-11-7-14-8-15(11)5-6-18-12/h1-4,7-8,12H,5-6H2,(H,16,17). The number of benzene rings is 1. The van der Waals surface area contributed by atoms with Gasteiger partial charge in [0.25, 0.3) is 0 Å². The van der Waals surface area contributed by atoms with Gasteiger partial charge in [-0.1, -0.05) is 12.1 Å². The minimum atomic E-state index is -0.920. The van der Waals surface area contributed by atoms with Crippen molar-refractivity contribution >= 4 is 5.97 Å². The maximum Gasteiger partial charge on any atom is 0.335 e. The Morgan fingerprint density at radius 1 is 1.39 bits per heavy atom. The molecule has 0 bridgehead atoms. The number of ether oxygens (including phenoxy) is 1. The fourth-order valence-electron chi connectivity index (χ4n) is 2.16. The van der Waals surface area contributed by atoms with Crippen LogP contribution in [-0.2, 0) is 11.3 Å². The number of carboxylic acids is 1. The van der Waals surface area contributed by atoms with Crippen LogP contribution in [-0.4, -0.2) is 27.2 Å². The van der Waals surface area contributed by atoms with Crippen LogP contribution >= 0.6 is 0 Å². The number of aromatic carboxylic acids is 1. The zero-order valence-corrected chi connectivity index (χ0v) is 9.61. The highest BCUT2D eigenvalue weighted by Crippen LogP contribution is 2.28. The van der Waals surface area contributed by atoms with Gasteiger partial charge >= 0.3 is 5.97 Å². The minimum Gasteiger partial charge on any atom is -0.478 e. The van der Waals surface area contributed by atoms with E-state index in [2.05, 4.69) is 9.55 Å². The van der Waals surface area contributed by atoms with Crippen LogP contribution in [0.1, 0.15) is 27.7 Å². The van der Waals surface area contributed by atoms with E-state index < -0.39 is 5.97 Å². The molecule has 1 aliphatic rings. The second-order valence-corrected chi connectivity index (χ2v) is 4.19. The molecule has 2 heterocycles. The molecular formula is C13H12N2O3. The topological polar surface area (TPSA) is 64.3 Å². The van der Waals surface area contributed by atoms with Gasteiger partial charge in [0.05, 0.1) is 30.4 Å². The Morgan fingerprint density at radius 2 is 2.17 bits per heavy atom. The number of imidazole rings is 1. The third kappa shape index (κ3) is 1.78. The Balaban J connectivity index is 1.95. The first kappa shape index (κ1) is 11.0. The van der Waals surface area contributed by atoms with Gasteiger partial charge in [0.1, 0.15) is 6.10 Å². The summed E-state index contributed by atoms with van der Waals surface area (Å²) in [5, 5.41) is 8.87. The molecule has 1 aromatic heterocycles. The Labute approximate surface area is 104 Å². The Bertz CT molecular complexity index is 574. The molecule has 3 rings (SSSR count). The van der Waals surface area contributed by atoms with Gasteiger partial charge in [0.2, 0.25) is 0 Å². The van der Waals surface area contributed by atoms with E-state index in [1.165, 1.54) is 0 Å². The average Bonchev–Trinajstić information content (AvgIpc) is 2.87. The molecule has 0 fully saturated rings. The second kappa shape index (κ2) is 4.27. The molecule has 18 heavy (non-hydrogen) atoms. The summed E-state index contributed by atoms with van der Waals surface area (Å²) in [6.07, 6.45) is 3.41. The predicted octanol–water partition coefficient (Wildman–Crippen LogP) is 1.70. The minimum absolute atomic E-state index is 0.163. The number of hydrogen-bond acceptors (Lipinski definition) is 3. The monoisotopic (exact) mass is 244 g/mol. The van der Waals surface area contributed by atoms with Crippen molar-refractivity contribution in [2.45, 2.75) is 12.6 Å². The van der Waals surface area contributed by atoms with Crippen LogP contribution in [0.4, 0.5) is 0 Å². The summed E-state index contributed by atoms with van der Waals surface area (Å²) >= 11 is 0. The van der Waals surface area contributed by atoms with E-state index in [1.807, 2.05) is 0 Å². The zero-order valence-electron chi connectivity index (χ0n) is 9.61. The summed E-state index contributed by atoms with van der Waals surface area (Å²) in [5.74, 6) is -0.920. The van der Waals surface area contributed by atoms with Crippen molar-refractivity contribution in [3.8, 4) is 0 Å². The molecule has 0 saturated carbocycles. The van der Waals surface area contributed by atoms with Crippen molar-refractivity contribution < 1.29 is 14.6 Å². The summed E-state index contributed by atoms with van der Waals surface area (Å²) in [7, 11) is 0. The van der Waals surface area contributed by atoms with E-state index in [-0.39, 0.29) is 11.7 Å². The van der Waals surface area contributed by atoms with Gasteiger partial charge < -0.3 is 14.4 Å². The molecule has 1 aliphatic heterocycles. The van der Waals surface area contributed by atoms with E-state index in [0.29, 0.717) is 6.61 Å². The van der Waals surface area contributed by atoms with E-state index in [1.54, 1.807) is 36.8 Å². The van der Waals surface area contributed by atoms with Gasteiger partial charge in [-0.15, -0.1) is 0 Å². The maximum absolute atomic E-state index is 10.8. The highest BCUT2D eigenvalue weighted by molar-refractivity contribution is 5.87. The molecule has 0 amide bonds. The van der Waals surface area contributed by atoms with Crippen LogP contribution in [0.2, 0.25) is 0 Å². The van der Waals surface area contributed by atoms with E-state index in [4.69, 9.17) is 9.84 Å². The molecule has 1 aromatic carbocycles. The van der Waals surface area contributed by atoms with Crippen LogP contribution in [0, 0.1) is 0 Å². The molecule has 92 valence electrons. The van der Waals surface area contributed by atoms with Crippen LogP contribution in [0.25, 0.3) is 0 Å². The van der Waals surface area contributed by atoms with Crippen LogP contribution in [0.5, 0.6) is 0 Å². The number of aromatic nitrogens is 2. The Morgan fingerprint density at radius 3 is 2.89 bits per heavy atom. The molecule has 1 atom stereocenters. The highest BCUT2D eigenvalue weighted by Gasteiger charge is 2.22. The molecule has 1 N–H and O–H groups in total. The quantitative estimate of drug-likeness (QED) is 0.873. The first-order valence-corrected chi connectivity index (χ1v) is 5.70. The molecule has 5 nitrogen and oxygen atoms in total. The van der Waals surface area contributed by atoms with Crippen LogP contribution in [0.3, 0.4) is 0 Å². The first-order valence-electron chi connectivity index (χ1n) is 5.70. The lowest BCUT2D eigenvalue weighted by molar-refractivity contribution is 0.0464. The van der Waals surface area contributed by atoms with Gasteiger partial charge in [-0.05, 0) is 17.7 Å². The number of nitrogens with zero attached hydrogens (tertiary/aromatic N) is 2. The summed E-state index contributed by atoms with van der Waals surface area (Å²) in [4.78, 5) is 14.9. The third-order valence-corrected chi connectivity index (χ3v) is 3.09. The van der Waals surface area contributed by atoms with E-state index in [9.17, 15) is 4.79 Å². The van der Waals surface area contributed by atoms with Gasteiger partial charge in [0.15, 0.2) is 0 Å². The zero-order chi connectivity index (χ0) is 12.5. The lowest BCUT2D eigenvalue weighted by Crippen LogP contribution is -2.21. The lowest BCUT2D eigenvalue weighted by Gasteiger charge is -2.25. The predicted molar refractivity (Wildman–Crippen MR) is 63.4 cm³/mol. The number of carboxylic acid groups (broad SMARTS) is 1. The molecule has 0 radical (unpaired) electrons. The molecule has 1 unspecified atom stereocenters. The highest BCUT2D eigenvalue weighted by atomic mass is 16.5. The van der Waals surface area contributed by atoms with Gasteiger partial charge in [-0.2, -0.15) is 0 Å². The van der Waals surface area contributed by atoms with Crippen molar-refractivity contribution in [2.75, 3.05) is 6.61 Å². The largest absolute Gasteiger partial charge is 0.478 e. The first-order chi connectivity index (χ1) is 8.75. The SMILES string of the molecule is O=C(O)c1ccc(C2OCCn3cncc32)cc1. The third-order valence-electron chi connectivity index (χ3n) is 3.09. The number of carbonyl (C=O) groups is 1.